The van der Waals surface area contributed by atoms with Crippen LogP contribution in [-0.2, 0) is 16.1 Å². The average Bonchev–Trinajstić information content (AvgIpc) is 2.78. The van der Waals surface area contributed by atoms with Gasteiger partial charge in [0.15, 0.2) is 5.16 Å². The molecule has 0 saturated carbocycles. The van der Waals surface area contributed by atoms with Gasteiger partial charge in [-0.2, -0.15) is 0 Å². The highest BCUT2D eigenvalue weighted by Crippen LogP contribution is 2.23. The number of hydrogen-bond donors (Lipinski definition) is 1. The summed E-state index contributed by atoms with van der Waals surface area (Å²) >= 11 is 7.35. The summed E-state index contributed by atoms with van der Waals surface area (Å²) in [6.07, 6.45) is 0.667. The zero-order valence-electron chi connectivity index (χ0n) is 18.5. The highest BCUT2D eigenvalue weighted by molar-refractivity contribution is 7.99. The zero-order chi connectivity index (χ0) is 23.1. The Morgan fingerprint density at radius 3 is 2.66 bits per heavy atom. The first-order valence-corrected chi connectivity index (χ1v) is 11.9. The van der Waals surface area contributed by atoms with Crippen LogP contribution in [0.25, 0.3) is 10.9 Å². The van der Waals surface area contributed by atoms with Crippen molar-refractivity contribution in [1.82, 2.24) is 14.9 Å². The molecule has 1 heterocycles. The molecule has 0 radical (unpaired) electrons. The molecule has 0 spiro atoms. The van der Waals surface area contributed by atoms with Crippen molar-refractivity contribution < 1.29 is 9.53 Å². The van der Waals surface area contributed by atoms with Gasteiger partial charge in [0, 0.05) is 25.3 Å². The predicted octanol–water partition coefficient (Wildman–Crippen LogP) is 4.69. The number of nitrogens with one attached hydrogen (secondary N) is 1. The summed E-state index contributed by atoms with van der Waals surface area (Å²) in [4.78, 5) is 30.5. The topological polar surface area (TPSA) is 73.2 Å². The van der Waals surface area contributed by atoms with Crippen LogP contribution in [0.2, 0.25) is 5.02 Å². The summed E-state index contributed by atoms with van der Waals surface area (Å²) in [5, 5.41) is 4.63. The predicted molar refractivity (Wildman–Crippen MR) is 130 cm³/mol. The highest BCUT2D eigenvalue weighted by atomic mass is 35.5. The third kappa shape index (κ3) is 6.12. The molecular weight excluding hydrogens is 446 g/mol. The molecule has 0 saturated heterocycles. The van der Waals surface area contributed by atoms with Gasteiger partial charge in [0.2, 0.25) is 5.91 Å². The molecule has 3 aromatic rings. The van der Waals surface area contributed by atoms with Crippen LogP contribution >= 0.6 is 23.4 Å². The minimum absolute atomic E-state index is 0.0865. The SMILES string of the molecule is COCCCn1c(SCC(=O)NC(c2ccccc2)C(C)C)nc2cc(Cl)ccc2c1=O. The minimum atomic E-state index is -0.143. The third-order valence-corrected chi connectivity index (χ3v) is 6.30. The van der Waals surface area contributed by atoms with Crippen molar-refractivity contribution >= 4 is 40.2 Å². The first-order chi connectivity index (χ1) is 15.4. The third-order valence-electron chi connectivity index (χ3n) is 5.09. The van der Waals surface area contributed by atoms with Crippen LogP contribution in [-0.4, -0.2) is 34.9 Å². The maximum Gasteiger partial charge on any atom is 0.262 e. The fourth-order valence-electron chi connectivity index (χ4n) is 3.49. The molecule has 1 atom stereocenters. The zero-order valence-corrected chi connectivity index (χ0v) is 20.1. The van der Waals surface area contributed by atoms with Crippen molar-refractivity contribution in [3.8, 4) is 0 Å². The summed E-state index contributed by atoms with van der Waals surface area (Å²) < 4.78 is 6.74. The van der Waals surface area contributed by atoms with Crippen LogP contribution in [0.5, 0.6) is 0 Å². The lowest BCUT2D eigenvalue weighted by atomic mass is 9.96. The fraction of sp³-hybridized carbons (Fsp3) is 0.375. The lowest BCUT2D eigenvalue weighted by molar-refractivity contribution is -0.119. The number of thioether (sulfide) groups is 1. The van der Waals surface area contributed by atoms with E-state index in [1.54, 1.807) is 29.9 Å². The standard InChI is InChI=1S/C24H28ClN3O3S/c1-16(2)22(17-8-5-4-6-9-17)27-21(29)15-32-24-26-20-14-18(25)10-11-19(20)23(30)28(24)12-7-13-31-3/h4-6,8-11,14,16,22H,7,12-13,15H2,1-3H3,(H,27,29). The van der Waals surface area contributed by atoms with Gasteiger partial charge in [-0.1, -0.05) is 67.5 Å². The molecule has 0 aliphatic heterocycles. The molecule has 0 bridgehead atoms. The lowest BCUT2D eigenvalue weighted by Crippen LogP contribution is -2.33. The maximum absolute atomic E-state index is 13.1. The van der Waals surface area contributed by atoms with Crippen molar-refractivity contribution in [3.05, 3.63) is 69.5 Å². The summed E-state index contributed by atoms with van der Waals surface area (Å²) in [5.74, 6) is 0.278. The number of carbonyl (C=O) groups is 1. The van der Waals surface area contributed by atoms with Crippen LogP contribution in [0.1, 0.15) is 31.9 Å². The Kier molecular flexibility index (Phi) is 8.73. The molecule has 1 aromatic heterocycles. The smallest absolute Gasteiger partial charge is 0.262 e. The Balaban J connectivity index is 1.81. The van der Waals surface area contributed by atoms with Crippen LogP contribution in [0, 0.1) is 5.92 Å². The number of amides is 1. The van der Waals surface area contributed by atoms with Gasteiger partial charge in [0.25, 0.3) is 5.56 Å². The summed E-state index contributed by atoms with van der Waals surface area (Å²) in [6, 6.07) is 14.9. The van der Waals surface area contributed by atoms with Crippen molar-refractivity contribution in [2.75, 3.05) is 19.5 Å². The van der Waals surface area contributed by atoms with Crippen molar-refractivity contribution in [1.29, 1.82) is 0 Å². The van der Waals surface area contributed by atoms with Gasteiger partial charge >= 0.3 is 0 Å². The molecule has 170 valence electrons. The number of fused-ring (bicyclic) bond motifs is 1. The Bertz CT molecular complexity index is 1120. The van der Waals surface area contributed by atoms with Gasteiger partial charge in [-0.15, -0.1) is 0 Å². The van der Waals surface area contributed by atoms with E-state index in [0.717, 1.165) is 5.56 Å². The largest absolute Gasteiger partial charge is 0.385 e. The van der Waals surface area contributed by atoms with Crippen LogP contribution in [0.4, 0.5) is 0 Å². The molecule has 0 aliphatic rings. The monoisotopic (exact) mass is 473 g/mol. The first-order valence-electron chi connectivity index (χ1n) is 10.6. The lowest BCUT2D eigenvalue weighted by Gasteiger charge is -2.23. The van der Waals surface area contributed by atoms with Gasteiger partial charge < -0.3 is 10.1 Å². The second-order valence-corrected chi connectivity index (χ2v) is 9.23. The number of benzene rings is 2. The van der Waals surface area contributed by atoms with Crippen LogP contribution in [0.3, 0.4) is 0 Å². The van der Waals surface area contributed by atoms with E-state index in [1.165, 1.54) is 11.8 Å². The minimum Gasteiger partial charge on any atom is -0.385 e. The Morgan fingerprint density at radius 1 is 1.22 bits per heavy atom. The van der Waals surface area contributed by atoms with Gasteiger partial charge in [0.05, 0.1) is 22.7 Å². The molecule has 1 unspecified atom stereocenters. The molecule has 0 aliphatic carbocycles. The van der Waals surface area contributed by atoms with Gasteiger partial charge in [0.1, 0.15) is 0 Å². The number of aromatic nitrogens is 2. The Hall–Kier alpha value is -2.35. The first kappa shape index (κ1) is 24.3. The molecule has 6 nitrogen and oxygen atoms in total. The summed E-state index contributed by atoms with van der Waals surface area (Å²) in [5.41, 5.74) is 1.45. The molecular formula is C24H28ClN3O3S. The maximum atomic E-state index is 13.1. The van der Waals surface area contributed by atoms with Gasteiger partial charge in [-0.3, -0.25) is 14.2 Å². The second kappa shape index (κ2) is 11.5. The quantitative estimate of drug-likeness (QED) is 0.262. The molecule has 1 amide bonds. The number of halogens is 1. The second-order valence-electron chi connectivity index (χ2n) is 7.85. The van der Waals surface area contributed by atoms with E-state index in [4.69, 9.17) is 16.3 Å². The normalized spacial score (nSPS) is 12.3. The van der Waals surface area contributed by atoms with Gasteiger partial charge in [-0.05, 0) is 36.1 Å². The molecule has 8 heteroatoms. The number of methoxy groups -OCH3 is 1. The van der Waals surface area contributed by atoms with E-state index >= 15 is 0 Å². The number of rotatable bonds is 10. The number of hydrogen-bond acceptors (Lipinski definition) is 5. The molecule has 2 aromatic carbocycles. The summed E-state index contributed by atoms with van der Waals surface area (Å²) in [7, 11) is 1.63. The van der Waals surface area contributed by atoms with Crippen molar-refractivity contribution in [2.24, 2.45) is 5.92 Å². The Labute approximate surface area is 197 Å². The van der Waals surface area contributed by atoms with E-state index in [9.17, 15) is 9.59 Å². The average molecular weight is 474 g/mol. The Morgan fingerprint density at radius 2 is 1.97 bits per heavy atom. The summed E-state index contributed by atoms with van der Waals surface area (Å²) in [6.45, 7) is 5.14. The van der Waals surface area contributed by atoms with Crippen molar-refractivity contribution in [2.45, 2.75) is 38.0 Å². The molecule has 3 rings (SSSR count). The highest BCUT2D eigenvalue weighted by Gasteiger charge is 2.19. The van der Waals surface area contributed by atoms with E-state index < -0.39 is 0 Å². The van der Waals surface area contributed by atoms with Gasteiger partial charge in [-0.25, -0.2) is 4.98 Å². The number of ether oxygens (including phenoxy) is 1. The van der Waals surface area contributed by atoms with E-state index in [1.807, 2.05) is 30.3 Å². The molecule has 32 heavy (non-hydrogen) atoms. The van der Waals surface area contributed by atoms with Crippen LogP contribution < -0.4 is 10.9 Å². The van der Waals surface area contributed by atoms with E-state index in [-0.39, 0.29) is 29.2 Å². The van der Waals surface area contributed by atoms with Crippen molar-refractivity contribution in [3.63, 3.8) is 0 Å². The fourth-order valence-corrected chi connectivity index (χ4v) is 4.49. The number of carbonyl (C=O) groups excluding carboxylic acids is 1. The number of nitrogens with zero attached hydrogens (tertiary/aromatic N) is 2. The molecule has 0 fully saturated rings. The molecule has 1 N–H and O–H groups in total. The van der Waals surface area contributed by atoms with E-state index in [0.29, 0.717) is 40.7 Å². The van der Waals surface area contributed by atoms with Crippen LogP contribution in [0.15, 0.2) is 58.5 Å². The van der Waals surface area contributed by atoms with E-state index in [2.05, 4.69) is 24.1 Å².